The van der Waals surface area contributed by atoms with Crippen LogP contribution >= 0.6 is 0 Å². The number of aryl methyl sites for hydroxylation is 1. The van der Waals surface area contributed by atoms with Crippen LogP contribution in [0, 0.1) is 12.8 Å². The number of nitrogens with zero attached hydrogens (tertiary/aromatic N) is 2. The highest BCUT2D eigenvalue weighted by atomic mass is 16.5. The number of para-hydroxylation sites is 1. The number of carbonyl (C=O) groups excluding carboxylic acids is 1. The molecule has 0 aliphatic heterocycles. The maximum Gasteiger partial charge on any atom is 0.227 e. The summed E-state index contributed by atoms with van der Waals surface area (Å²) in [5, 5.41) is 9.24. The van der Waals surface area contributed by atoms with Crippen molar-refractivity contribution in [1.29, 1.82) is 0 Å². The number of aromatic nitrogens is 1. The summed E-state index contributed by atoms with van der Waals surface area (Å²) in [5.74, 6) is 2.74. The van der Waals surface area contributed by atoms with Crippen LogP contribution in [0.2, 0.25) is 0 Å². The van der Waals surface area contributed by atoms with Gasteiger partial charge in [-0.05, 0) is 43.9 Å². The zero-order valence-electron chi connectivity index (χ0n) is 17.1. The molecular weight excluding hydrogens is 366 g/mol. The molecule has 0 bridgehead atoms. The van der Waals surface area contributed by atoms with E-state index < -0.39 is 0 Å². The van der Waals surface area contributed by atoms with Gasteiger partial charge in [0.05, 0.1) is 6.61 Å². The number of benzene rings is 1. The number of ether oxygens (including phenoxy) is 1. The van der Waals surface area contributed by atoms with Crippen molar-refractivity contribution in [2.45, 2.75) is 32.7 Å². The average Bonchev–Trinajstić information content (AvgIpc) is 3.54. The van der Waals surface area contributed by atoms with Crippen LogP contribution in [-0.2, 0) is 11.3 Å². The summed E-state index contributed by atoms with van der Waals surface area (Å²) < 4.78 is 5.95. The molecule has 3 rings (SSSR count). The number of aliphatic imine (C=N–C) groups is 1. The van der Waals surface area contributed by atoms with Gasteiger partial charge >= 0.3 is 0 Å². The number of anilines is 1. The molecule has 1 fully saturated rings. The largest absolute Gasteiger partial charge is 0.493 e. The first-order chi connectivity index (χ1) is 14.1. The van der Waals surface area contributed by atoms with E-state index in [-0.39, 0.29) is 5.91 Å². The quantitative estimate of drug-likeness (QED) is 0.449. The Morgan fingerprint density at radius 2 is 2.00 bits per heavy atom. The highest BCUT2D eigenvalue weighted by molar-refractivity contribution is 5.90. The second-order valence-corrected chi connectivity index (χ2v) is 7.18. The first-order valence-electron chi connectivity index (χ1n) is 10.0. The maximum absolute atomic E-state index is 12.1. The SMILES string of the molecule is CN=C(NCCC(=O)Nc1cccc(C)n1)NCc1ccccc1OCC1CC1. The molecule has 1 heterocycles. The lowest BCUT2D eigenvalue weighted by atomic mass is 10.2. The summed E-state index contributed by atoms with van der Waals surface area (Å²) in [5.41, 5.74) is 1.95. The number of pyridine rings is 1. The Kier molecular flexibility index (Phi) is 7.44. The minimum atomic E-state index is -0.0927. The molecule has 0 radical (unpaired) electrons. The van der Waals surface area contributed by atoms with E-state index in [4.69, 9.17) is 4.74 Å². The van der Waals surface area contributed by atoms with E-state index >= 15 is 0 Å². The predicted molar refractivity (Wildman–Crippen MR) is 115 cm³/mol. The van der Waals surface area contributed by atoms with Gasteiger partial charge in [-0.3, -0.25) is 9.79 Å². The summed E-state index contributed by atoms with van der Waals surface area (Å²) in [7, 11) is 1.71. The van der Waals surface area contributed by atoms with Gasteiger partial charge < -0.3 is 20.7 Å². The fraction of sp³-hybridized carbons (Fsp3) is 0.409. The summed E-state index contributed by atoms with van der Waals surface area (Å²) in [6, 6.07) is 13.6. The average molecular weight is 396 g/mol. The van der Waals surface area contributed by atoms with Gasteiger partial charge in [0.15, 0.2) is 5.96 Å². The lowest BCUT2D eigenvalue weighted by Crippen LogP contribution is -2.38. The highest BCUT2D eigenvalue weighted by Gasteiger charge is 2.22. The number of nitrogens with one attached hydrogen (secondary N) is 3. The van der Waals surface area contributed by atoms with Crippen molar-refractivity contribution in [1.82, 2.24) is 15.6 Å². The van der Waals surface area contributed by atoms with Crippen molar-refractivity contribution in [2.75, 3.05) is 25.5 Å². The summed E-state index contributed by atoms with van der Waals surface area (Å²) in [4.78, 5) is 20.6. The van der Waals surface area contributed by atoms with Crippen LogP contribution in [0.1, 0.15) is 30.5 Å². The van der Waals surface area contributed by atoms with E-state index in [9.17, 15) is 4.79 Å². The van der Waals surface area contributed by atoms with E-state index in [1.165, 1.54) is 12.8 Å². The van der Waals surface area contributed by atoms with Crippen LogP contribution in [0.25, 0.3) is 0 Å². The van der Waals surface area contributed by atoms with E-state index in [2.05, 4.69) is 25.9 Å². The fourth-order valence-corrected chi connectivity index (χ4v) is 2.79. The molecule has 3 N–H and O–H groups in total. The molecule has 2 aromatic rings. The van der Waals surface area contributed by atoms with Gasteiger partial charge in [-0.2, -0.15) is 0 Å². The molecule has 7 nitrogen and oxygen atoms in total. The van der Waals surface area contributed by atoms with E-state index in [0.29, 0.717) is 37.2 Å². The molecule has 1 saturated carbocycles. The standard InChI is InChI=1S/C22H29N5O2/c1-16-6-5-9-20(26-16)27-21(28)12-13-24-22(23-2)25-14-18-7-3-4-8-19(18)29-15-17-10-11-17/h3-9,17H,10-15H2,1-2H3,(H2,23,24,25)(H,26,27,28). The number of hydrogen-bond acceptors (Lipinski definition) is 4. The normalized spacial score (nSPS) is 13.7. The molecule has 1 aliphatic rings. The molecule has 1 amide bonds. The Morgan fingerprint density at radius 1 is 1.17 bits per heavy atom. The molecule has 0 saturated heterocycles. The lowest BCUT2D eigenvalue weighted by Gasteiger charge is -2.15. The highest BCUT2D eigenvalue weighted by Crippen LogP contribution is 2.30. The van der Waals surface area contributed by atoms with Crippen molar-refractivity contribution in [3.05, 3.63) is 53.7 Å². The molecular formula is C22H29N5O2. The number of guanidine groups is 1. The van der Waals surface area contributed by atoms with Crippen molar-refractivity contribution >= 4 is 17.7 Å². The summed E-state index contributed by atoms with van der Waals surface area (Å²) in [6.45, 7) is 3.74. The van der Waals surface area contributed by atoms with Gasteiger partial charge in [0, 0.05) is 37.8 Å². The van der Waals surface area contributed by atoms with Crippen molar-refractivity contribution in [3.8, 4) is 5.75 Å². The Morgan fingerprint density at radius 3 is 2.76 bits per heavy atom. The molecule has 0 unspecified atom stereocenters. The third-order valence-corrected chi connectivity index (χ3v) is 4.61. The van der Waals surface area contributed by atoms with Crippen LogP contribution < -0.4 is 20.7 Å². The number of carbonyl (C=O) groups is 1. The molecule has 154 valence electrons. The number of amides is 1. The van der Waals surface area contributed by atoms with E-state index in [1.54, 1.807) is 13.1 Å². The van der Waals surface area contributed by atoms with Crippen LogP contribution in [0.3, 0.4) is 0 Å². The topological polar surface area (TPSA) is 87.6 Å². The Balaban J connectivity index is 1.41. The summed E-state index contributed by atoms with van der Waals surface area (Å²) >= 11 is 0. The Bertz CT molecular complexity index is 849. The van der Waals surface area contributed by atoms with Crippen LogP contribution in [0.5, 0.6) is 5.75 Å². The van der Waals surface area contributed by atoms with Gasteiger partial charge in [0.25, 0.3) is 0 Å². The minimum Gasteiger partial charge on any atom is -0.493 e. The second kappa shape index (κ2) is 10.5. The Labute approximate surface area is 172 Å². The van der Waals surface area contributed by atoms with Crippen LogP contribution in [0.15, 0.2) is 47.5 Å². The van der Waals surface area contributed by atoms with Crippen LogP contribution in [-0.4, -0.2) is 37.1 Å². The third-order valence-electron chi connectivity index (χ3n) is 4.61. The first kappa shape index (κ1) is 20.6. The molecule has 7 heteroatoms. The minimum absolute atomic E-state index is 0.0927. The molecule has 1 aromatic heterocycles. The Hall–Kier alpha value is -3.09. The third kappa shape index (κ3) is 7.10. The lowest BCUT2D eigenvalue weighted by molar-refractivity contribution is -0.116. The maximum atomic E-state index is 12.1. The molecule has 1 aromatic carbocycles. The smallest absolute Gasteiger partial charge is 0.227 e. The second-order valence-electron chi connectivity index (χ2n) is 7.18. The summed E-state index contributed by atoms with van der Waals surface area (Å²) in [6.07, 6.45) is 2.85. The van der Waals surface area contributed by atoms with Crippen molar-refractivity contribution in [2.24, 2.45) is 10.9 Å². The number of rotatable bonds is 9. The van der Waals surface area contributed by atoms with Crippen molar-refractivity contribution in [3.63, 3.8) is 0 Å². The zero-order chi connectivity index (χ0) is 20.5. The predicted octanol–water partition coefficient (Wildman–Crippen LogP) is 2.87. The van der Waals surface area contributed by atoms with Crippen molar-refractivity contribution < 1.29 is 9.53 Å². The van der Waals surface area contributed by atoms with Gasteiger partial charge in [0.2, 0.25) is 5.91 Å². The van der Waals surface area contributed by atoms with Crippen LogP contribution in [0.4, 0.5) is 5.82 Å². The van der Waals surface area contributed by atoms with E-state index in [0.717, 1.165) is 23.6 Å². The number of hydrogen-bond donors (Lipinski definition) is 3. The molecule has 0 spiro atoms. The zero-order valence-corrected chi connectivity index (χ0v) is 17.1. The molecule has 0 atom stereocenters. The molecule has 29 heavy (non-hydrogen) atoms. The fourth-order valence-electron chi connectivity index (χ4n) is 2.79. The van der Waals surface area contributed by atoms with Gasteiger partial charge in [0.1, 0.15) is 11.6 Å². The monoisotopic (exact) mass is 395 g/mol. The van der Waals surface area contributed by atoms with E-state index in [1.807, 2.05) is 43.3 Å². The molecule has 1 aliphatic carbocycles. The van der Waals surface area contributed by atoms with Gasteiger partial charge in [-0.1, -0.05) is 24.3 Å². The first-order valence-corrected chi connectivity index (χ1v) is 10.0. The van der Waals surface area contributed by atoms with Gasteiger partial charge in [-0.25, -0.2) is 4.98 Å². The van der Waals surface area contributed by atoms with Gasteiger partial charge in [-0.15, -0.1) is 0 Å².